The zero-order valence-electron chi connectivity index (χ0n) is 21.9. The minimum atomic E-state index is -4.85. The summed E-state index contributed by atoms with van der Waals surface area (Å²) in [5, 5.41) is 13.4. The van der Waals surface area contributed by atoms with E-state index in [9.17, 15) is 27.6 Å². The molecule has 2 amide bonds. The number of aromatic nitrogens is 2. The molecule has 1 aromatic carbocycles. The average Bonchev–Trinajstić information content (AvgIpc) is 3.34. The van der Waals surface area contributed by atoms with Crippen LogP contribution < -0.4 is 15.4 Å². The Morgan fingerprint density at radius 1 is 1.05 bits per heavy atom. The number of rotatable bonds is 9. The van der Waals surface area contributed by atoms with Crippen molar-refractivity contribution in [2.45, 2.75) is 96.0 Å². The number of nitrogens with one attached hydrogen (secondary N) is 2. The SMILES string of the molecule is CCC[C@H](NC(=O)C1(NC(=O)c2ccc(OC(F)(F)F)cc2)CCCCC1)C(=O)c1nnc(C(C)(C)C)o1. The maximum atomic E-state index is 13.6. The molecule has 1 atom stereocenters. The number of nitrogens with zero attached hydrogens (tertiary/aromatic N) is 2. The van der Waals surface area contributed by atoms with Gasteiger partial charge in [-0.15, -0.1) is 23.4 Å². The number of hydrogen-bond donors (Lipinski definition) is 2. The number of benzene rings is 1. The van der Waals surface area contributed by atoms with E-state index in [4.69, 9.17) is 4.42 Å². The first-order chi connectivity index (χ1) is 17.7. The van der Waals surface area contributed by atoms with E-state index in [0.29, 0.717) is 44.4 Å². The molecule has 1 aromatic heterocycles. The summed E-state index contributed by atoms with van der Waals surface area (Å²) in [7, 11) is 0. The molecule has 12 heteroatoms. The van der Waals surface area contributed by atoms with Gasteiger partial charge in [-0.05, 0) is 43.5 Å². The summed E-state index contributed by atoms with van der Waals surface area (Å²) < 4.78 is 46.8. The summed E-state index contributed by atoms with van der Waals surface area (Å²) in [6, 6.07) is 3.51. The fourth-order valence-electron chi connectivity index (χ4n) is 4.29. The molecule has 208 valence electrons. The second-order valence-electron chi connectivity index (χ2n) is 10.5. The molecule has 0 bridgehead atoms. The van der Waals surface area contributed by atoms with Gasteiger partial charge in [0, 0.05) is 11.0 Å². The van der Waals surface area contributed by atoms with Gasteiger partial charge in [-0.25, -0.2) is 0 Å². The number of ether oxygens (including phenoxy) is 1. The third kappa shape index (κ3) is 7.32. The van der Waals surface area contributed by atoms with Gasteiger partial charge in [-0.2, -0.15) is 0 Å². The highest BCUT2D eigenvalue weighted by Gasteiger charge is 2.43. The highest BCUT2D eigenvalue weighted by molar-refractivity contribution is 6.02. The van der Waals surface area contributed by atoms with Gasteiger partial charge in [0.15, 0.2) is 0 Å². The Labute approximate surface area is 218 Å². The van der Waals surface area contributed by atoms with Crippen LogP contribution >= 0.6 is 0 Å². The van der Waals surface area contributed by atoms with Gasteiger partial charge in [0.05, 0.1) is 6.04 Å². The standard InChI is InChI=1S/C26H33F3N4O5/c1-5-9-18(19(34)21-32-33-23(37-21)24(2,3)4)30-22(36)25(14-7-6-8-15-25)31-20(35)16-10-12-17(13-11-16)38-26(27,28)29/h10-13,18H,5-9,14-15H2,1-4H3,(H,30,36)(H,31,35)/t18-/m0/s1. The Morgan fingerprint density at radius 3 is 2.21 bits per heavy atom. The molecule has 0 spiro atoms. The summed E-state index contributed by atoms with van der Waals surface area (Å²) in [6.45, 7) is 7.47. The number of carbonyl (C=O) groups excluding carboxylic acids is 3. The molecule has 3 rings (SSSR count). The van der Waals surface area contributed by atoms with Crippen molar-refractivity contribution in [2.75, 3.05) is 0 Å². The summed E-state index contributed by atoms with van der Waals surface area (Å²) in [5.41, 5.74) is -1.67. The lowest BCUT2D eigenvalue weighted by Gasteiger charge is -2.37. The number of halogens is 3. The van der Waals surface area contributed by atoms with Crippen LogP contribution in [0, 0.1) is 0 Å². The van der Waals surface area contributed by atoms with Crippen molar-refractivity contribution >= 4 is 17.6 Å². The predicted octanol–water partition coefficient (Wildman–Crippen LogP) is 4.87. The van der Waals surface area contributed by atoms with Crippen LogP contribution in [0.15, 0.2) is 28.7 Å². The van der Waals surface area contributed by atoms with Gasteiger partial charge in [-0.1, -0.05) is 53.4 Å². The minimum Gasteiger partial charge on any atom is -0.418 e. The molecule has 1 heterocycles. The summed E-state index contributed by atoms with van der Waals surface area (Å²) in [6.07, 6.45) is -1.01. The van der Waals surface area contributed by atoms with Crippen LogP contribution in [0.25, 0.3) is 0 Å². The molecular formula is C26H33F3N4O5. The first-order valence-corrected chi connectivity index (χ1v) is 12.6. The molecule has 1 aliphatic rings. The number of Topliss-reactive ketones (excluding diaryl/α,β-unsaturated/α-hetero) is 1. The Hall–Kier alpha value is -3.44. The molecule has 0 aliphatic heterocycles. The van der Waals surface area contributed by atoms with E-state index in [1.807, 2.05) is 27.7 Å². The van der Waals surface area contributed by atoms with Crippen LogP contribution in [0.2, 0.25) is 0 Å². The topological polar surface area (TPSA) is 123 Å². The molecule has 0 unspecified atom stereocenters. The smallest absolute Gasteiger partial charge is 0.418 e. The number of alkyl halides is 3. The van der Waals surface area contributed by atoms with Crippen LogP contribution in [0.5, 0.6) is 5.75 Å². The van der Waals surface area contributed by atoms with Crippen molar-refractivity contribution < 1.29 is 36.7 Å². The van der Waals surface area contributed by atoms with Crippen LogP contribution in [-0.2, 0) is 10.2 Å². The van der Waals surface area contributed by atoms with Crippen molar-refractivity contribution in [3.8, 4) is 5.75 Å². The largest absolute Gasteiger partial charge is 0.573 e. The van der Waals surface area contributed by atoms with Crippen molar-refractivity contribution in [1.82, 2.24) is 20.8 Å². The first kappa shape index (κ1) is 29.1. The van der Waals surface area contributed by atoms with Crippen LogP contribution in [-0.4, -0.2) is 45.7 Å². The molecule has 2 aromatic rings. The fraction of sp³-hybridized carbons (Fsp3) is 0.577. The predicted molar refractivity (Wildman–Crippen MR) is 131 cm³/mol. The Kier molecular flexibility index (Phi) is 8.83. The average molecular weight is 539 g/mol. The molecule has 1 saturated carbocycles. The first-order valence-electron chi connectivity index (χ1n) is 12.6. The van der Waals surface area contributed by atoms with Crippen LogP contribution in [0.1, 0.15) is 99.6 Å². The van der Waals surface area contributed by atoms with E-state index >= 15 is 0 Å². The van der Waals surface area contributed by atoms with Gasteiger partial charge in [0.2, 0.25) is 17.6 Å². The highest BCUT2D eigenvalue weighted by Crippen LogP contribution is 2.30. The monoisotopic (exact) mass is 538 g/mol. The number of hydrogen-bond acceptors (Lipinski definition) is 7. The van der Waals surface area contributed by atoms with Gasteiger partial charge in [-0.3, -0.25) is 14.4 Å². The second kappa shape index (κ2) is 11.5. The Balaban J connectivity index is 1.78. The van der Waals surface area contributed by atoms with E-state index in [1.165, 1.54) is 12.1 Å². The van der Waals surface area contributed by atoms with Crippen molar-refractivity contribution in [3.63, 3.8) is 0 Å². The molecule has 9 nitrogen and oxygen atoms in total. The fourth-order valence-corrected chi connectivity index (χ4v) is 4.29. The number of carbonyl (C=O) groups is 3. The third-order valence-electron chi connectivity index (χ3n) is 6.32. The molecule has 38 heavy (non-hydrogen) atoms. The highest BCUT2D eigenvalue weighted by atomic mass is 19.4. The Bertz CT molecular complexity index is 1130. The zero-order valence-corrected chi connectivity index (χ0v) is 21.9. The zero-order chi connectivity index (χ0) is 28.1. The van der Waals surface area contributed by atoms with Gasteiger partial charge in [0.25, 0.3) is 11.8 Å². The lowest BCUT2D eigenvalue weighted by atomic mass is 9.80. The van der Waals surface area contributed by atoms with Gasteiger partial charge in [0.1, 0.15) is 11.3 Å². The van der Waals surface area contributed by atoms with Crippen molar-refractivity contribution in [3.05, 3.63) is 41.6 Å². The minimum absolute atomic E-state index is 0.0685. The third-order valence-corrected chi connectivity index (χ3v) is 6.32. The number of ketones is 1. The van der Waals surface area contributed by atoms with E-state index in [1.54, 1.807) is 0 Å². The van der Waals surface area contributed by atoms with Crippen molar-refractivity contribution in [2.24, 2.45) is 0 Å². The summed E-state index contributed by atoms with van der Waals surface area (Å²) >= 11 is 0. The van der Waals surface area contributed by atoms with E-state index in [-0.39, 0.29) is 11.5 Å². The Morgan fingerprint density at radius 2 is 1.68 bits per heavy atom. The van der Waals surface area contributed by atoms with Crippen LogP contribution in [0.3, 0.4) is 0 Å². The lowest BCUT2D eigenvalue weighted by molar-refractivity contribution is -0.274. The summed E-state index contributed by atoms with van der Waals surface area (Å²) in [5.74, 6) is -2.01. The summed E-state index contributed by atoms with van der Waals surface area (Å²) in [4.78, 5) is 39.8. The van der Waals surface area contributed by atoms with Crippen LogP contribution in [0.4, 0.5) is 13.2 Å². The maximum Gasteiger partial charge on any atom is 0.573 e. The molecule has 0 radical (unpaired) electrons. The van der Waals surface area contributed by atoms with E-state index in [2.05, 4.69) is 25.6 Å². The quantitative estimate of drug-likeness (QED) is 0.437. The molecule has 1 aliphatic carbocycles. The lowest BCUT2D eigenvalue weighted by Crippen LogP contribution is -2.62. The number of amides is 2. The van der Waals surface area contributed by atoms with E-state index in [0.717, 1.165) is 18.6 Å². The molecule has 0 saturated heterocycles. The van der Waals surface area contributed by atoms with Gasteiger partial charge < -0.3 is 19.8 Å². The molecule has 2 N–H and O–H groups in total. The molecule has 1 fully saturated rings. The molecular weight excluding hydrogens is 505 g/mol. The van der Waals surface area contributed by atoms with E-state index < -0.39 is 46.7 Å². The normalized spacial score (nSPS) is 16.4. The second-order valence-corrected chi connectivity index (χ2v) is 10.5. The van der Waals surface area contributed by atoms with Gasteiger partial charge >= 0.3 is 6.36 Å². The maximum absolute atomic E-state index is 13.6. The van der Waals surface area contributed by atoms with Crippen molar-refractivity contribution in [1.29, 1.82) is 0 Å².